The summed E-state index contributed by atoms with van der Waals surface area (Å²) in [5.41, 5.74) is 1.85. The zero-order valence-corrected chi connectivity index (χ0v) is 21.4. The molecule has 2 aromatic rings. The number of carbonyl (C=O) groups is 1. The molecule has 0 N–H and O–H groups in total. The standard InChI is InChI=1S/C24H29F3N6O3S/c1-15-11-21(24(25,26)27)29-33(15)13-22(34)32-5-3-17(4-6-32)23-28-19(14-37-23)18-12-20(36-30-18)16(2)31-7-9-35-10-8-31/h11,14,17,20H,2-10,12-13H2,1H3. The third kappa shape index (κ3) is 5.66. The van der Waals surface area contributed by atoms with Crippen LogP contribution in [0.25, 0.3) is 0 Å². The van der Waals surface area contributed by atoms with Gasteiger partial charge in [0, 0.05) is 49.6 Å². The van der Waals surface area contributed by atoms with Gasteiger partial charge in [0.1, 0.15) is 12.3 Å². The highest BCUT2D eigenvalue weighted by Gasteiger charge is 2.35. The molecular formula is C24H29F3N6O3S. The highest BCUT2D eigenvalue weighted by Crippen LogP contribution is 2.33. The molecule has 2 saturated heterocycles. The number of thiazole rings is 1. The predicted molar refractivity (Wildman–Crippen MR) is 130 cm³/mol. The molecule has 9 nitrogen and oxygen atoms in total. The van der Waals surface area contributed by atoms with E-state index in [4.69, 9.17) is 14.6 Å². The van der Waals surface area contributed by atoms with Gasteiger partial charge in [-0.15, -0.1) is 11.3 Å². The van der Waals surface area contributed by atoms with Gasteiger partial charge in [0.15, 0.2) is 11.8 Å². The number of alkyl halides is 3. The Morgan fingerprint density at radius 1 is 1.19 bits per heavy atom. The molecular weight excluding hydrogens is 509 g/mol. The van der Waals surface area contributed by atoms with Gasteiger partial charge in [-0.2, -0.15) is 18.3 Å². The predicted octanol–water partition coefficient (Wildman–Crippen LogP) is 3.41. The molecule has 0 bridgehead atoms. The van der Waals surface area contributed by atoms with Gasteiger partial charge >= 0.3 is 6.18 Å². The van der Waals surface area contributed by atoms with Gasteiger partial charge in [0.2, 0.25) is 5.91 Å². The van der Waals surface area contributed by atoms with E-state index in [-0.39, 0.29) is 24.5 Å². The molecule has 0 saturated carbocycles. The van der Waals surface area contributed by atoms with Gasteiger partial charge in [-0.25, -0.2) is 4.98 Å². The lowest BCUT2D eigenvalue weighted by atomic mass is 9.97. The number of hydrogen-bond donors (Lipinski definition) is 0. The van der Waals surface area contributed by atoms with E-state index in [1.165, 1.54) is 6.92 Å². The SMILES string of the molecule is C=C(C1CC(c2csc(C3CCN(C(=O)Cn4nc(C(F)(F)F)cc4C)CC3)n2)=NO1)N1CCOCC1. The lowest BCUT2D eigenvalue weighted by molar-refractivity contribution is -0.142. The maximum Gasteiger partial charge on any atom is 0.435 e. The molecule has 37 heavy (non-hydrogen) atoms. The largest absolute Gasteiger partial charge is 0.435 e. The molecule has 1 unspecified atom stereocenters. The first kappa shape index (κ1) is 25.7. The lowest BCUT2D eigenvalue weighted by Crippen LogP contribution is -2.40. The molecule has 1 amide bonds. The Bertz CT molecular complexity index is 1180. The van der Waals surface area contributed by atoms with Gasteiger partial charge in [-0.1, -0.05) is 11.7 Å². The van der Waals surface area contributed by atoms with E-state index in [1.54, 1.807) is 16.2 Å². The second-order valence-corrected chi connectivity index (χ2v) is 10.4. The van der Waals surface area contributed by atoms with Crippen LogP contribution >= 0.6 is 11.3 Å². The number of aryl methyl sites for hydroxylation is 1. The number of nitrogens with zero attached hydrogens (tertiary/aromatic N) is 6. The molecule has 1 atom stereocenters. The van der Waals surface area contributed by atoms with Crippen LogP contribution in [0.3, 0.4) is 0 Å². The molecule has 3 aliphatic heterocycles. The fourth-order valence-electron chi connectivity index (χ4n) is 4.78. The van der Waals surface area contributed by atoms with E-state index in [1.807, 2.05) is 5.38 Å². The smallest absolute Gasteiger partial charge is 0.385 e. The minimum absolute atomic E-state index is 0.196. The Labute approximate surface area is 216 Å². The first-order valence-electron chi connectivity index (χ1n) is 12.3. The summed E-state index contributed by atoms with van der Waals surface area (Å²) < 4.78 is 45.3. The van der Waals surface area contributed by atoms with E-state index >= 15 is 0 Å². The third-order valence-corrected chi connectivity index (χ3v) is 8.04. The zero-order valence-electron chi connectivity index (χ0n) is 20.5. The molecule has 13 heteroatoms. The normalized spacial score (nSPS) is 21.2. The van der Waals surface area contributed by atoms with Crippen LogP contribution in [0.5, 0.6) is 0 Å². The Hall–Kier alpha value is -2.93. The lowest BCUT2D eigenvalue weighted by Gasteiger charge is -2.32. The molecule has 2 fully saturated rings. The molecule has 200 valence electrons. The van der Waals surface area contributed by atoms with E-state index in [2.05, 4.69) is 21.7 Å². The summed E-state index contributed by atoms with van der Waals surface area (Å²) in [6.07, 6.45) is -2.63. The molecule has 0 radical (unpaired) electrons. The van der Waals surface area contributed by atoms with E-state index in [0.717, 1.165) is 58.8 Å². The number of halogens is 3. The summed E-state index contributed by atoms with van der Waals surface area (Å²) in [7, 11) is 0. The topological polar surface area (TPSA) is 85.1 Å². The van der Waals surface area contributed by atoms with Crippen molar-refractivity contribution in [2.45, 2.75) is 50.9 Å². The quantitative estimate of drug-likeness (QED) is 0.561. The Balaban J connectivity index is 1.12. The molecule has 0 spiro atoms. The van der Waals surface area contributed by atoms with E-state index < -0.39 is 11.9 Å². The van der Waals surface area contributed by atoms with Crippen LogP contribution in [0, 0.1) is 6.92 Å². The second kappa shape index (κ2) is 10.4. The fourth-order valence-corrected chi connectivity index (χ4v) is 5.78. The molecule has 0 aliphatic carbocycles. The van der Waals surface area contributed by atoms with Crippen molar-refractivity contribution < 1.29 is 27.5 Å². The van der Waals surface area contributed by atoms with Crippen molar-refractivity contribution in [3.63, 3.8) is 0 Å². The Morgan fingerprint density at radius 3 is 2.59 bits per heavy atom. The fraction of sp³-hybridized carbons (Fsp3) is 0.583. The summed E-state index contributed by atoms with van der Waals surface area (Å²) in [6.45, 7) is 9.52. The number of likely N-dealkylation sites (tertiary alicyclic amines) is 1. The van der Waals surface area contributed by atoms with Crippen LogP contribution in [0.4, 0.5) is 13.2 Å². The molecule has 5 heterocycles. The first-order chi connectivity index (χ1) is 17.7. The van der Waals surface area contributed by atoms with Crippen LogP contribution in [0.2, 0.25) is 0 Å². The average Bonchev–Trinajstić information content (AvgIpc) is 3.64. The number of piperidine rings is 1. The zero-order chi connectivity index (χ0) is 26.2. The average molecular weight is 539 g/mol. The van der Waals surface area contributed by atoms with E-state index in [9.17, 15) is 18.0 Å². The minimum atomic E-state index is -4.53. The molecule has 2 aromatic heterocycles. The van der Waals surface area contributed by atoms with Gasteiger partial charge in [-0.05, 0) is 25.8 Å². The second-order valence-electron chi connectivity index (χ2n) is 9.48. The summed E-state index contributed by atoms with van der Waals surface area (Å²) in [5.74, 6) is -0.0182. The number of hydrogen-bond acceptors (Lipinski definition) is 8. The number of oxime groups is 1. The number of carbonyl (C=O) groups excluding carboxylic acids is 1. The van der Waals surface area contributed by atoms with Crippen molar-refractivity contribution in [3.8, 4) is 0 Å². The summed E-state index contributed by atoms with van der Waals surface area (Å²) in [4.78, 5) is 27.1. The molecule has 3 aliphatic rings. The van der Waals surface area contributed by atoms with Crippen molar-refractivity contribution in [1.82, 2.24) is 24.6 Å². The number of aromatic nitrogens is 3. The van der Waals surface area contributed by atoms with Crippen LogP contribution < -0.4 is 0 Å². The van der Waals surface area contributed by atoms with Crippen molar-refractivity contribution in [2.75, 3.05) is 39.4 Å². The number of rotatable bonds is 6. The Morgan fingerprint density at radius 2 is 1.92 bits per heavy atom. The van der Waals surface area contributed by atoms with Gasteiger partial charge in [0.05, 0.1) is 29.6 Å². The highest BCUT2D eigenvalue weighted by atomic mass is 32.1. The maximum atomic E-state index is 12.9. The van der Waals surface area contributed by atoms with Crippen molar-refractivity contribution in [3.05, 3.63) is 45.8 Å². The third-order valence-electron chi connectivity index (χ3n) is 7.03. The summed E-state index contributed by atoms with van der Waals surface area (Å²) >= 11 is 1.58. The van der Waals surface area contributed by atoms with Crippen LogP contribution in [-0.2, 0) is 27.1 Å². The molecule has 5 rings (SSSR count). The van der Waals surface area contributed by atoms with Gasteiger partial charge < -0.3 is 19.4 Å². The van der Waals surface area contributed by atoms with Crippen molar-refractivity contribution >= 4 is 23.0 Å². The van der Waals surface area contributed by atoms with E-state index in [0.29, 0.717) is 38.4 Å². The highest BCUT2D eigenvalue weighted by molar-refractivity contribution is 7.10. The molecule has 0 aromatic carbocycles. The first-order valence-corrected chi connectivity index (χ1v) is 13.2. The van der Waals surface area contributed by atoms with Crippen LogP contribution in [-0.4, -0.2) is 81.7 Å². The summed E-state index contributed by atoms with van der Waals surface area (Å²) in [5, 5.41) is 10.8. The van der Waals surface area contributed by atoms with Gasteiger partial charge in [-0.3, -0.25) is 9.48 Å². The monoisotopic (exact) mass is 538 g/mol. The van der Waals surface area contributed by atoms with Crippen molar-refractivity contribution in [1.29, 1.82) is 0 Å². The number of ether oxygens (including phenoxy) is 1. The number of morpholine rings is 1. The maximum absolute atomic E-state index is 12.9. The minimum Gasteiger partial charge on any atom is -0.385 e. The number of amides is 1. The Kier molecular flexibility index (Phi) is 7.26. The van der Waals surface area contributed by atoms with Crippen molar-refractivity contribution in [2.24, 2.45) is 5.16 Å². The van der Waals surface area contributed by atoms with Crippen LogP contribution in [0.1, 0.15) is 47.3 Å². The van der Waals surface area contributed by atoms with Crippen LogP contribution in [0.15, 0.2) is 28.9 Å². The van der Waals surface area contributed by atoms with Gasteiger partial charge in [0.25, 0.3) is 0 Å². The summed E-state index contributed by atoms with van der Waals surface area (Å²) in [6, 6.07) is 0.958.